The van der Waals surface area contributed by atoms with Crippen LogP contribution in [0, 0.1) is 6.92 Å². The van der Waals surface area contributed by atoms with E-state index in [1.807, 2.05) is 27.0 Å². The highest BCUT2D eigenvalue weighted by Gasteiger charge is 2.41. The highest BCUT2D eigenvalue weighted by molar-refractivity contribution is 7.87. The zero-order valence-electron chi connectivity index (χ0n) is 15.3. The zero-order chi connectivity index (χ0) is 18.8. The van der Waals surface area contributed by atoms with Crippen LogP contribution in [0.1, 0.15) is 37.6 Å². The molecule has 0 saturated carbocycles. The molecule has 1 amide bonds. The van der Waals surface area contributed by atoms with Crippen molar-refractivity contribution in [1.82, 2.24) is 24.1 Å². The van der Waals surface area contributed by atoms with Crippen molar-refractivity contribution in [1.29, 1.82) is 0 Å². The lowest BCUT2D eigenvalue weighted by Crippen LogP contribution is -2.58. The number of amides is 1. The number of hydrogen-bond donors (Lipinski definition) is 2. The normalized spacial score (nSPS) is 24.8. The molecule has 1 aliphatic rings. The molecule has 0 aromatic carbocycles. The van der Waals surface area contributed by atoms with Crippen LogP contribution in [0.4, 0.5) is 0 Å². The van der Waals surface area contributed by atoms with E-state index in [4.69, 9.17) is 4.74 Å². The third-order valence-electron chi connectivity index (χ3n) is 4.36. The van der Waals surface area contributed by atoms with Crippen molar-refractivity contribution in [3.8, 4) is 0 Å². The molecule has 0 radical (unpaired) electrons. The van der Waals surface area contributed by atoms with Crippen LogP contribution >= 0.6 is 0 Å². The number of methoxy groups -OCH3 is 1. The average molecular weight is 373 g/mol. The monoisotopic (exact) mass is 373 g/mol. The van der Waals surface area contributed by atoms with Gasteiger partial charge in [0, 0.05) is 38.5 Å². The first kappa shape index (κ1) is 19.8. The van der Waals surface area contributed by atoms with E-state index in [1.165, 1.54) is 7.05 Å². The summed E-state index contributed by atoms with van der Waals surface area (Å²) in [5, 5.41) is 7.17. The molecule has 25 heavy (non-hydrogen) atoms. The van der Waals surface area contributed by atoms with Gasteiger partial charge >= 0.3 is 0 Å². The molecule has 2 heterocycles. The molecule has 1 aliphatic heterocycles. The summed E-state index contributed by atoms with van der Waals surface area (Å²) in [6, 6.07) is -1.48. The number of nitrogens with zero attached hydrogens (tertiary/aromatic N) is 3. The zero-order valence-corrected chi connectivity index (χ0v) is 16.1. The molecule has 1 aromatic heterocycles. The molecule has 3 atom stereocenters. The minimum Gasteiger partial charge on any atom is -0.383 e. The number of hydrogen-bond acceptors (Lipinski definition) is 5. The Morgan fingerprint density at radius 3 is 2.80 bits per heavy atom. The van der Waals surface area contributed by atoms with Crippen molar-refractivity contribution >= 4 is 16.1 Å². The second-order valence-electron chi connectivity index (χ2n) is 6.33. The Morgan fingerprint density at radius 2 is 2.24 bits per heavy atom. The van der Waals surface area contributed by atoms with E-state index in [1.54, 1.807) is 11.8 Å². The van der Waals surface area contributed by atoms with Crippen LogP contribution in [0.15, 0.2) is 6.20 Å². The molecule has 2 N–H and O–H groups in total. The van der Waals surface area contributed by atoms with Gasteiger partial charge in [-0.15, -0.1) is 0 Å². The molecular formula is C15H27N5O4S. The number of carbonyl (C=O) groups is 1. The molecule has 0 spiro atoms. The summed E-state index contributed by atoms with van der Waals surface area (Å²) in [6.45, 7) is 6.66. The smallest absolute Gasteiger partial charge is 0.280 e. The summed E-state index contributed by atoms with van der Waals surface area (Å²) in [6.07, 6.45) is 2.16. The summed E-state index contributed by atoms with van der Waals surface area (Å²) < 4.78 is 35.4. The van der Waals surface area contributed by atoms with Gasteiger partial charge in [0.1, 0.15) is 6.04 Å². The van der Waals surface area contributed by atoms with Crippen molar-refractivity contribution in [2.24, 2.45) is 0 Å². The molecule has 0 bridgehead atoms. The molecule has 0 unspecified atom stereocenters. The first-order chi connectivity index (χ1) is 11.7. The summed E-state index contributed by atoms with van der Waals surface area (Å²) >= 11 is 0. The Labute approximate surface area is 148 Å². The molecule has 2 rings (SSSR count). The van der Waals surface area contributed by atoms with Crippen LogP contribution in [0.5, 0.6) is 0 Å². The SMILES string of the molecule is CCn1cc([C@H]2C[C@@H](C(=O)N[C@@H](C)COC)N(C)S(=O)(=O)N2)c(C)n1. The fraction of sp³-hybridized carbons (Fsp3) is 0.733. The Hall–Kier alpha value is -1.49. The Bertz CT molecular complexity index is 718. The van der Waals surface area contributed by atoms with Gasteiger partial charge in [-0.2, -0.15) is 22.5 Å². The van der Waals surface area contributed by atoms with Crippen LogP contribution in [0.2, 0.25) is 0 Å². The predicted molar refractivity (Wildman–Crippen MR) is 93.1 cm³/mol. The number of aryl methyl sites for hydroxylation is 2. The van der Waals surface area contributed by atoms with E-state index in [-0.39, 0.29) is 11.9 Å². The topological polar surface area (TPSA) is 106 Å². The lowest BCUT2D eigenvalue weighted by Gasteiger charge is -2.36. The van der Waals surface area contributed by atoms with Gasteiger partial charge in [-0.3, -0.25) is 9.48 Å². The van der Waals surface area contributed by atoms with Gasteiger partial charge in [0.05, 0.1) is 18.3 Å². The summed E-state index contributed by atoms with van der Waals surface area (Å²) in [5.41, 5.74) is 1.55. The molecule has 9 nitrogen and oxygen atoms in total. The Morgan fingerprint density at radius 1 is 1.56 bits per heavy atom. The first-order valence-corrected chi connectivity index (χ1v) is 9.72. The Kier molecular flexibility index (Phi) is 6.20. The molecule has 10 heteroatoms. The van der Waals surface area contributed by atoms with E-state index in [9.17, 15) is 13.2 Å². The highest BCUT2D eigenvalue weighted by Crippen LogP contribution is 2.29. The van der Waals surface area contributed by atoms with Crippen LogP contribution in [-0.4, -0.2) is 61.3 Å². The van der Waals surface area contributed by atoms with Crippen molar-refractivity contribution in [3.63, 3.8) is 0 Å². The van der Waals surface area contributed by atoms with Gasteiger partial charge in [-0.1, -0.05) is 0 Å². The minimum absolute atomic E-state index is 0.202. The maximum absolute atomic E-state index is 12.6. The van der Waals surface area contributed by atoms with Crippen LogP contribution in [0.25, 0.3) is 0 Å². The summed E-state index contributed by atoms with van der Waals surface area (Å²) in [5.74, 6) is -0.331. The third kappa shape index (κ3) is 4.38. The molecule has 1 fully saturated rings. The quantitative estimate of drug-likeness (QED) is 0.727. The molecule has 142 valence electrons. The van der Waals surface area contributed by atoms with Crippen molar-refractivity contribution in [2.75, 3.05) is 20.8 Å². The van der Waals surface area contributed by atoms with E-state index in [0.717, 1.165) is 15.6 Å². The van der Waals surface area contributed by atoms with Gasteiger partial charge in [-0.25, -0.2) is 0 Å². The van der Waals surface area contributed by atoms with Crippen LogP contribution in [-0.2, 0) is 26.3 Å². The van der Waals surface area contributed by atoms with Crippen LogP contribution < -0.4 is 10.0 Å². The number of aromatic nitrogens is 2. The number of rotatable bonds is 6. The Balaban J connectivity index is 2.25. The first-order valence-electron chi connectivity index (χ1n) is 8.28. The van der Waals surface area contributed by atoms with Crippen molar-refractivity contribution in [3.05, 3.63) is 17.5 Å². The van der Waals surface area contributed by atoms with Gasteiger partial charge in [0.15, 0.2) is 0 Å². The lowest BCUT2D eigenvalue weighted by atomic mass is 10.00. The largest absolute Gasteiger partial charge is 0.383 e. The van der Waals surface area contributed by atoms with E-state index >= 15 is 0 Å². The van der Waals surface area contributed by atoms with Crippen LogP contribution in [0.3, 0.4) is 0 Å². The number of carbonyl (C=O) groups excluding carboxylic acids is 1. The fourth-order valence-corrected chi connectivity index (χ4v) is 4.25. The van der Waals surface area contributed by atoms with E-state index in [2.05, 4.69) is 15.1 Å². The average Bonchev–Trinajstić information content (AvgIpc) is 2.91. The highest BCUT2D eigenvalue weighted by atomic mass is 32.2. The van der Waals surface area contributed by atoms with Gasteiger partial charge in [0.25, 0.3) is 10.2 Å². The van der Waals surface area contributed by atoms with E-state index in [0.29, 0.717) is 19.6 Å². The third-order valence-corrected chi connectivity index (χ3v) is 5.96. The van der Waals surface area contributed by atoms with Crippen molar-refractivity contribution in [2.45, 2.75) is 51.9 Å². The molecule has 1 aromatic rings. The molecular weight excluding hydrogens is 346 g/mol. The van der Waals surface area contributed by atoms with Gasteiger partial charge in [0.2, 0.25) is 5.91 Å². The second kappa shape index (κ2) is 7.81. The maximum Gasteiger partial charge on any atom is 0.280 e. The van der Waals surface area contributed by atoms with Gasteiger partial charge < -0.3 is 10.1 Å². The second-order valence-corrected chi connectivity index (χ2v) is 8.10. The number of ether oxygens (including phenoxy) is 1. The molecule has 0 aliphatic carbocycles. The standard InChI is InChI=1S/C15H27N5O4S/c1-6-20-8-12(11(3)17-20)13-7-14(19(4)25(22,23)18-13)15(21)16-10(2)9-24-5/h8,10,13-14,18H,6-7,9H2,1-5H3,(H,16,21)/t10-,13+,14-/m0/s1. The van der Waals surface area contributed by atoms with Gasteiger partial charge in [-0.05, 0) is 27.2 Å². The van der Waals surface area contributed by atoms with Crippen molar-refractivity contribution < 1.29 is 17.9 Å². The lowest BCUT2D eigenvalue weighted by molar-refractivity contribution is -0.126. The summed E-state index contributed by atoms with van der Waals surface area (Å²) in [7, 11) is -0.803. The minimum atomic E-state index is -3.76. The number of nitrogens with one attached hydrogen (secondary N) is 2. The molecule has 1 saturated heterocycles. The van der Waals surface area contributed by atoms with E-state index < -0.39 is 22.3 Å². The summed E-state index contributed by atoms with van der Waals surface area (Å²) in [4.78, 5) is 12.6. The number of likely N-dealkylation sites (N-methyl/N-ethyl adjacent to an activating group) is 1. The fourth-order valence-electron chi connectivity index (χ4n) is 2.98. The maximum atomic E-state index is 12.6. The predicted octanol–water partition coefficient (Wildman–Crippen LogP) is -0.0579.